The van der Waals surface area contributed by atoms with E-state index < -0.39 is 0 Å². The monoisotopic (exact) mass is 228 g/mol. The summed E-state index contributed by atoms with van der Waals surface area (Å²) in [6, 6.07) is 9.59. The molecule has 2 heterocycles. The average Bonchev–Trinajstić information content (AvgIpc) is 2.39. The molecule has 0 bridgehead atoms. The number of aromatic nitrogens is 1. The van der Waals surface area contributed by atoms with Crippen LogP contribution >= 0.6 is 0 Å². The minimum absolute atomic E-state index is 0.520. The van der Waals surface area contributed by atoms with Gasteiger partial charge in [-0.25, -0.2) is 4.98 Å². The van der Waals surface area contributed by atoms with E-state index in [-0.39, 0.29) is 0 Å². The smallest absolute Gasteiger partial charge is 0.161 e. The van der Waals surface area contributed by atoms with Crippen molar-refractivity contribution in [1.29, 1.82) is 0 Å². The summed E-state index contributed by atoms with van der Waals surface area (Å²) in [4.78, 5) is 4.07. The SMILES string of the molecule is Nc1ccc(-c2ccc3c(c2)OCCO3)cn1. The van der Waals surface area contributed by atoms with Crippen LogP contribution in [0.4, 0.5) is 5.82 Å². The lowest BCUT2D eigenvalue weighted by atomic mass is 10.1. The first-order chi connectivity index (χ1) is 8.33. The van der Waals surface area contributed by atoms with Crippen LogP contribution < -0.4 is 15.2 Å². The Morgan fingerprint density at radius 1 is 0.941 bits per heavy atom. The highest BCUT2D eigenvalue weighted by molar-refractivity contribution is 5.67. The van der Waals surface area contributed by atoms with Gasteiger partial charge in [0.05, 0.1) is 0 Å². The molecule has 0 radical (unpaired) electrons. The van der Waals surface area contributed by atoms with Gasteiger partial charge in [0.25, 0.3) is 0 Å². The molecule has 4 nitrogen and oxygen atoms in total. The molecule has 0 spiro atoms. The van der Waals surface area contributed by atoms with Crippen molar-refractivity contribution < 1.29 is 9.47 Å². The van der Waals surface area contributed by atoms with E-state index in [2.05, 4.69) is 4.98 Å². The van der Waals surface area contributed by atoms with Crippen LogP contribution in [-0.4, -0.2) is 18.2 Å². The van der Waals surface area contributed by atoms with Crippen molar-refractivity contribution in [3.05, 3.63) is 36.5 Å². The summed E-state index contributed by atoms with van der Waals surface area (Å²) in [6.07, 6.45) is 1.75. The Kier molecular flexibility index (Phi) is 2.33. The van der Waals surface area contributed by atoms with Crippen LogP contribution in [0.5, 0.6) is 11.5 Å². The fraction of sp³-hybridized carbons (Fsp3) is 0.154. The van der Waals surface area contributed by atoms with Crippen molar-refractivity contribution in [2.45, 2.75) is 0 Å². The number of benzene rings is 1. The van der Waals surface area contributed by atoms with E-state index in [1.807, 2.05) is 24.3 Å². The zero-order valence-electron chi connectivity index (χ0n) is 9.22. The van der Waals surface area contributed by atoms with Gasteiger partial charge in [0, 0.05) is 11.8 Å². The Morgan fingerprint density at radius 2 is 1.71 bits per heavy atom. The van der Waals surface area contributed by atoms with Crippen LogP contribution in [0.2, 0.25) is 0 Å². The van der Waals surface area contributed by atoms with Crippen LogP contribution in [0.15, 0.2) is 36.5 Å². The summed E-state index contributed by atoms with van der Waals surface area (Å²) >= 11 is 0. The van der Waals surface area contributed by atoms with Crippen molar-refractivity contribution in [2.24, 2.45) is 0 Å². The molecule has 1 aliphatic heterocycles. The number of nitrogens with zero attached hydrogens (tertiary/aromatic N) is 1. The Labute approximate surface area is 99.0 Å². The van der Waals surface area contributed by atoms with Crippen LogP contribution in [-0.2, 0) is 0 Å². The van der Waals surface area contributed by atoms with E-state index in [9.17, 15) is 0 Å². The fourth-order valence-electron chi connectivity index (χ4n) is 1.80. The van der Waals surface area contributed by atoms with Crippen molar-refractivity contribution in [2.75, 3.05) is 18.9 Å². The molecule has 0 fully saturated rings. The number of rotatable bonds is 1. The zero-order chi connectivity index (χ0) is 11.7. The second-order valence-corrected chi connectivity index (χ2v) is 3.83. The first kappa shape index (κ1) is 9.96. The predicted octanol–water partition coefficient (Wildman–Crippen LogP) is 2.10. The Bertz CT molecular complexity index is 538. The highest BCUT2D eigenvalue weighted by atomic mass is 16.6. The zero-order valence-corrected chi connectivity index (χ0v) is 9.22. The third-order valence-electron chi connectivity index (χ3n) is 2.66. The van der Waals surface area contributed by atoms with Gasteiger partial charge < -0.3 is 15.2 Å². The summed E-state index contributed by atoms with van der Waals surface area (Å²) < 4.78 is 11.0. The number of hydrogen-bond acceptors (Lipinski definition) is 4. The lowest BCUT2D eigenvalue weighted by Gasteiger charge is -2.18. The molecule has 0 atom stereocenters. The van der Waals surface area contributed by atoms with E-state index in [4.69, 9.17) is 15.2 Å². The van der Waals surface area contributed by atoms with E-state index in [1.165, 1.54) is 0 Å². The topological polar surface area (TPSA) is 57.4 Å². The molecule has 2 aromatic rings. The number of ether oxygens (including phenoxy) is 2. The molecular formula is C13H12N2O2. The largest absolute Gasteiger partial charge is 0.486 e. The number of anilines is 1. The molecule has 0 saturated carbocycles. The molecule has 0 saturated heterocycles. The predicted molar refractivity (Wildman–Crippen MR) is 65.1 cm³/mol. The number of nitrogen functional groups attached to an aromatic ring is 1. The van der Waals surface area contributed by atoms with Crippen LogP contribution in [0.3, 0.4) is 0 Å². The third kappa shape index (κ3) is 1.89. The summed E-state index contributed by atoms with van der Waals surface area (Å²) in [5.74, 6) is 2.10. The standard InChI is InChI=1S/C13H12N2O2/c14-13-4-2-10(8-15-13)9-1-3-11-12(7-9)17-6-5-16-11/h1-4,7-8H,5-6H2,(H2,14,15). The molecule has 4 heteroatoms. The van der Waals surface area contributed by atoms with E-state index in [1.54, 1.807) is 12.3 Å². The van der Waals surface area contributed by atoms with Crippen molar-refractivity contribution in [3.63, 3.8) is 0 Å². The summed E-state index contributed by atoms with van der Waals surface area (Å²) in [6.45, 7) is 1.20. The van der Waals surface area contributed by atoms with Gasteiger partial charge in [-0.3, -0.25) is 0 Å². The maximum atomic E-state index is 5.56. The van der Waals surface area contributed by atoms with Gasteiger partial charge in [0.15, 0.2) is 11.5 Å². The first-order valence-corrected chi connectivity index (χ1v) is 5.44. The van der Waals surface area contributed by atoms with Gasteiger partial charge in [-0.1, -0.05) is 6.07 Å². The molecule has 0 unspecified atom stereocenters. The van der Waals surface area contributed by atoms with E-state index in [0.717, 1.165) is 22.6 Å². The van der Waals surface area contributed by atoms with Gasteiger partial charge in [0.2, 0.25) is 0 Å². The first-order valence-electron chi connectivity index (χ1n) is 5.44. The number of hydrogen-bond donors (Lipinski definition) is 1. The second-order valence-electron chi connectivity index (χ2n) is 3.83. The lowest BCUT2D eigenvalue weighted by Crippen LogP contribution is -2.15. The fourth-order valence-corrected chi connectivity index (χ4v) is 1.80. The molecule has 3 rings (SSSR count). The normalized spacial score (nSPS) is 13.4. The molecule has 1 aromatic heterocycles. The van der Waals surface area contributed by atoms with Crippen molar-refractivity contribution in [1.82, 2.24) is 4.98 Å². The number of pyridine rings is 1. The quantitative estimate of drug-likeness (QED) is 0.812. The lowest BCUT2D eigenvalue weighted by molar-refractivity contribution is 0.171. The molecular weight excluding hydrogens is 216 g/mol. The number of nitrogens with two attached hydrogens (primary N) is 1. The summed E-state index contributed by atoms with van der Waals surface area (Å²) in [7, 11) is 0. The Morgan fingerprint density at radius 3 is 2.47 bits per heavy atom. The molecule has 17 heavy (non-hydrogen) atoms. The minimum Gasteiger partial charge on any atom is -0.486 e. The van der Waals surface area contributed by atoms with Gasteiger partial charge in [-0.2, -0.15) is 0 Å². The molecule has 1 aliphatic rings. The van der Waals surface area contributed by atoms with Crippen LogP contribution in [0.25, 0.3) is 11.1 Å². The number of fused-ring (bicyclic) bond motifs is 1. The molecule has 1 aromatic carbocycles. The molecule has 0 amide bonds. The van der Waals surface area contributed by atoms with Crippen molar-refractivity contribution in [3.8, 4) is 22.6 Å². The van der Waals surface area contributed by atoms with Gasteiger partial charge in [-0.15, -0.1) is 0 Å². The Hall–Kier alpha value is -2.23. The maximum Gasteiger partial charge on any atom is 0.161 e. The van der Waals surface area contributed by atoms with Gasteiger partial charge in [0.1, 0.15) is 19.0 Å². The van der Waals surface area contributed by atoms with Crippen LogP contribution in [0, 0.1) is 0 Å². The Balaban J connectivity index is 2.01. The molecule has 2 N–H and O–H groups in total. The second kappa shape index (κ2) is 3.97. The maximum absolute atomic E-state index is 5.56. The van der Waals surface area contributed by atoms with E-state index >= 15 is 0 Å². The highest BCUT2D eigenvalue weighted by Crippen LogP contribution is 2.34. The van der Waals surface area contributed by atoms with Gasteiger partial charge >= 0.3 is 0 Å². The summed E-state index contributed by atoms with van der Waals surface area (Å²) in [5, 5.41) is 0. The van der Waals surface area contributed by atoms with Crippen molar-refractivity contribution >= 4 is 5.82 Å². The third-order valence-corrected chi connectivity index (χ3v) is 2.66. The average molecular weight is 228 g/mol. The van der Waals surface area contributed by atoms with E-state index in [0.29, 0.717) is 19.0 Å². The highest BCUT2D eigenvalue weighted by Gasteiger charge is 2.12. The molecule has 86 valence electrons. The summed E-state index contributed by atoms with van der Waals surface area (Å²) in [5.41, 5.74) is 7.61. The van der Waals surface area contributed by atoms with Gasteiger partial charge in [-0.05, 0) is 29.8 Å². The molecule has 0 aliphatic carbocycles. The van der Waals surface area contributed by atoms with Crippen LogP contribution in [0.1, 0.15) is 0 Å². The minimum atomic E-state index is 0.520.